The molecular weight excluding hydrogens is 328 g/mol. The van der Waals surface area contributed by atoms with Crippen LogP contribution >= 0.6 is 0 Å². The molecule has 0 radical (unpaired) electrons. The van der Waals surface area contributed by atoms with Crippen LogP contribution in [-0.2, 0) is 11.3 Å². The Balaban J connectivity index is 1.49. The first kappa shape index (κ1) is 19.9. The molecule has 0 heterocycles. The molecule has 2 aromatic carbocycles. The summed E-state index contributed by atoms with van der Waals surface area (Å²) >= 11 is 0. The molecule has 0 spiro atoms. The molecule has 0 aliphatic heterocycles. The van der Waals surface area contributed by atoms with E-state index in [2.05, 4.69) is 74.5 Å². The first-order valence-corrected chi connectivity index (χ1v) is 10.7. The van der Waals surface area contributed by atoms with Crippen molar-refractivity contribution in [1.29, 1.82) is 0 Å². The van der Waals surface area contributed by atoms with Gasteiger partial charge in [0.05, 0.1) is 6.61 Å². The van der Waals surface area contributed by atoms with Crippen LogP contribution in [0.4, 0.5) is 0 Å². The standard InChI is InChI=1S/C26H34O/c1-3-5-19-27-20-22-9-13-24(14-10-22)26-17-15-25(16-18-26)23-11-7-21(6-4-2)8-12-23/h4,6-14,25-26H,3,5,15-20H2,1-2H3/b6-4+. The van der Waals surface area contributed by atoms with Gasteiger partial charge in [0.15, 0.2) is 0 Å². The van der Waals surface area contributed by atoms with Gasteiger partial charge in [-0.1, -0.05) is 74.0 Å². The average Bonchev–Trinajstić information content (AvgIpc) is 2.73. The topological polar surface area (TPSA) is 9.23 Å². The van der Waals surface area contributed by atoms with Crippen LogP contribution in [0.3, 0.4) is 0 Å². The lowest BCUT2D eigenvalue weighted by Gasteiger charge is -2.29. The average molecular weight is 363 g/mol. The van der Waals surface area contributed by atoms with Gasteiger partial charge in [-0.3, -0.25) is 0 Å². The van der Waals surface area contributed by atoms with E-state index in [1.54, 1.807) is 0 Å². The number of benzene rings is 2. The van der Waals surface area contributed by atoms with Crippen LogP contribution in [0, 0.1) is 0 Å². The molecule has 27 heavy (non-hydrogen) atoms. The van der Waals surface area contributed by atoms with Crippen LogP contribution in [-0.4, -0.2) is 6.61 Å². The summed E-state index contributed by atoms with van der Waals surface area (Å²) in [7, 11) is 0. The highest BCUT2D eigenvalue weighted by atomic mass is 16.5. The van der Waals surface area contributed by atoms with Crippen LogP contribution in [0.5, 0.6) is 0 Å². The predicted molar refractivity (Wildman–Crippen MR) is 116 cm³/mol. The molecule has 1 nitrogen and oxygen atoms in total. The van der Waals surface area contributed by atoms with E-state index >= 15 is 0 Å². The second-order valence-electron chi connectivity index (χ2n) is 7.86. The molecule has 2 aromatic rings. The number of unbranched alkanes of at least 4 members (excludes halogenated alkanes) is 1. The van der Waals surface area contributed by atoms with Gasteiger partial charge in [0.1, 0.15) is 0 Å². The normalized spacial score (nSPS) is 20.2. The molecule has 3 rings (SSSR count). The number of hydrogen-bond acceptors (Lipinski definition) is 1. The van der Waals surface area contributed by atoms with E-state index in [1.807, 2.05) is 0 Å². The third kappa shape index (κ3) is 5.81. The lowest BCUT2D eigenvalue weighted by molar-refractivity contribution is 0.118. The van der Waals surface area contributed by atoms with Crippen molar-refractivity contribution in [3.05, 3.63) is 76.9 Å². The van der Waals surface area contributed by atoms with Gasteiger partial charge in [0.25, 0.3) is 0 Å². The summed E-state index contributed by atoms with van der Waals surface area (Å²) in [6, 6.07) is 18.3. The van der Waals surface area contributed by atoms with Gasteiger partial charge < -0.3 is 4.74 Å². The number of allylic oxidation sites excluding steroid dienone is 1. The zero-order valence-electron chi connectivity index (χ0n) is 17.0. The molecule has 1 aliphatic carbocycles. The summed E-state index contributed by atoms with van der Waals surface area (Å²) in [6.45, 7) is 5.89. The molecule has 1 aliphatic rings. The van der Waals surface area contributed by atoms with E-state index in [0.29, 0.717) is 0 Å². The number of rotatable bonds is 8. The first-order chi connectivity index (χ1) is 13.3. The summed E-state index contributed by atoms with van der Waals surface area (Å²) in [4.78, 5) is 0. The fourth-order valence-electron chi connectivity index (χ4n) is 4.15. The molecule has 1 saturated carbocycles. The van der Waals surface area contributed by atoms with Crippen molar-refractivity contribution in [2.24, 2.45) is 0 Å². The highest BCUT2D eigenvalue weighted by molar-refractivity contribution is 5.49. The van der Waals surface area contributed by atoms with Crippen molar-refractivity contribution >= 4 is 6.08 Å². The zero-order valence-corrected chi connectivity index (χ0v) is 17.0. The Kier molecular flexibility index (Phi) is 7.71. The van der Waals surface area contributed by atoms with E-state index in [-0.39, 0.29) is 0 Å². The molecule has 0 bridgehead atoms. The lowest BCUT2D eigenvalue weighted by Crippen LogP contribution is -2.12. The van der Waals surface area contributed by atoms with Gasteiger partial charge in [-0.05, 0) is 73.1 Å². The number of hydrogen-bond donors (Lipinski definition) is 0. The molecule has 0 amide bonds. The molecule has 1 fully saturated rings. The van der Waals surface area contributed by atoms with Gasteiger partial charge in [0.2, 0.25) is 0 Å². The Labute approximate surface area is 165 Å². The number of ether oxygens (including phenoxy) is 1. The second-order valence-corrected chi connectivity index (χ2v) is 7.86. The van der Waals surface area contributed by atoms with E-state index < -0.39 is 0 Å². The van der Waals surface area contributed by atoms with Crippen molar-refractivity contribution in [3.63, 3.8) is 0 Å². The SMILES string of the molecule is C/C=C/c1ccc(C2CCC(c3ccc(COCCCC)cc3)CC2)cc1. The first-order valence-electron chi connectivity index (χ1n) is 10.7. The van der Waals surface area contributed by atoms with Crippen LogP contribution < -0.4 is 0 Å². The molecule has 0 aromatic heterocycles. The van der Waals surface area contributed by atoms with Crippen molar-refractivity contribution in [2.75, 3.05) is 6.61 Å². The van der Waals surface area contributed by atoms with Crippen molar-refractivity contribution in [3.8, 4) is 0 Å². The summed E-state index contributed by atoms with van der Waals surface area (Å²) < 4.78 is 5.73. The summed E-state index contributed by atoms with van der Waals surface area (Å²) in [5, 5.41) is 0. The predicted octanol–water partition coefficient (Wildman–Crippen LogP) is 7.48. The van der Waals surface area contributed by atoms with Crippen molar-refractivity contribution in [2.45, 2.75) is 70.8 Å². The largest absolute Gasteiger partial charge is 0.377 e. The maximum Gasteiger partial charge on any atom is 0.0716 e. The fraction of sp³-hybridized carbons (Fsp3) is 0.462. The summed E-state index contributed by atoms with van der Waals surface area (Å²) in [5.74, 6) is 1.45. The molecule has 0 N–H and O–H groups in total. The van der Waals surface area contributed by atoms with E-state index in [1.165, 1.54) is 54.4 Å². The third-order valence-corrected chi connectivity index (χ3v) is 5.86. The minimum Gasteiger partial charge on any atom is -0.377 e. The molecule has 1 heteroatoms. The molecule has 144 valence electrons. The zero-order chi connectivity index (χ0) is 18.9. The maximum atomic E-state index is 5.73. The van der Waals surface area contributed by atoms with Gasteiger partial charge in [-0.25, -0.2) is 0 Å². The Bertz CT molecular complexity index is 688. The fourth-order valence-corrected chi connectivity index (χ4v) is 4.15. The Hall–Kier alpha value is -1.86. The van der Waals surface area contributed by atoms with E-state index in [4.69, 9.17) is 4.74 Å². The van der Waals surface area contributed by atoms with E-state index in [0.717, 1.165) is 31.5 Å². The van der Waals surface area contributed by atoms with Crippen molar-refractivity contribution < 1.29 is 4.74 Å². The van der Waals surface area contributed by atoms with Crippen LogP contribution in [0.15, 0.2) is 54.6 Å². The van der Waals surface area contributed by atoms with Crippen LogP contribution in [0.1, 0.15) is 86.5 Å². The molecule has 0 unspecified atom stereocenters. The highest BCUT2D eigenvalue weighted by Crippen LogP contribution is 2.40. The van der Waals surface area contributed by atoms with Gasteiger partial charge in [-0.15, -0.1) is 0 Å². The van der Waals surface area contributed by atoms with Crippen molar-refractivity contribution in [1.82, 2.24) is 0 Å². The molecular formula is C26H34O. The summed E-state index contributed by atoms with van der Waals surface area (Å²) in [5.41, 5.74) is 5.62. The molecule has 0 saturated heterocycles. The Morgan fingerprint density at radius 2 is 1.41 bits per heavy atom. The van der Waals surface area contributed by atoms with Gasteiger partial charge in [0, 0.05) is 6.61 Å². The van der Waals surface area contributed by atoms with Gasteiger partial charge >= 0.3 is 0 Å². The Morgan fingerprint density at radius 1 is 0.852 bits per heavy atom. The lowest BCUT2D eigenvalue weighted by atomic mass is 9.76. The molecule has 0 atom stereocenters. The quantitative estimate of drug-likeness (QED) is 0.442. The van der Waals surface area contributed by atoms with Crippen LogP contribution in [0.2, 0.25) is 0 Å². The van der Waals surface area contributed by atoms with Crippen LogP contribution in [0.25, 0.3) is 6.08 Å². The third-order valence-electron chi connectivity index (χ3n) is 5.86. The minimum atomic E-state index is 0.721. The highest BCUT2D eigenvalue weighted by Gasteiger charge is 2.23. The Morgan fingerprint density at radius 3 is 1.93 bits per heavy atom. The monoisotopic (exact) mass is 362 g/mol. The van der Waals surface area contributed by atoms with Gasteiger partial charge in [-0.2, -0.15) is 0 Å². The maximum absolute atomic E-state index is 5.73. The smallest absolute Gasteiger partial charge is 0.0716 e. The minimum absolute atomic E-state index is 0.721. The summed E-state index contributed by atoms with van der Waals surface area (Å²) in [6.07, 6.45) is 11.8. The second kappa shape index (κ2) is 10.5. The van der Waals surface area contributed by atoms with E-state index in [9.17, 15) is 0 Å².